The molecule has 2 N–H and O–H groups in total. The lowest BCUT2D eigenvalue weighted by molar-refractivity contribution is 0.0691. The number of aromatic nitrogens is 4. The normalized spacial score (nSPS) is 10.8. The first-order valence-corrected chi connectivity index (χ1v) is 7.32. The van der Waals surface area contributed by atoms with E-state index >= 15 is 0 Å². The standard InChI is InChI=1S/C18H12N4O2/c23-18(24)17-16(20-22-21-17)13-7-6-12-9-15(19-10-14(12)8-13)11-4-2-1-3-5-11/h1-10H,(H,23,24)(H,20,21,22). The number of H-pyrrole nitrogens is 1. The maximum Gasteiger partial charge on any atom is 0.356 e. The Hall–Kier alpha value is -3.54. The molecule has 0 aliphatic rings. The van der Waals surface area contributed by atoms with E-state index in [0.29, 0.717) is 11.3 Å². The number of aromatic amines is 1. The van der Waals surface area contributed by atoms with E-state index in [4.69, 9.17) is 5.11 Å². The van der Waals surface area contributed by atoms with Crippen LogP contribution >= 0.6 is 0 Å². The molecule has 4 rings (SSSR count). The fourth-order valence-corrected chi connectivity index (χ4v) is 2.63. The molecule has 6 nitrogen and oxygen atoms in total. The van der Waals surface area contributed by atoms with Crippen molar-refractivity contribution in [3.05, 3.63) is 66.5 Å². The molecule has 0 saturated heterocycles. The summed E-state index contributed by atoms with van der Waals surface area (Å²) >= 11 is 0. The van der Waals surface area contributed by atoms with E-state index in [2.05, 4.69) is 20.4 Å². The number of hydrogen-bond donors (Lipinski definition) is 2. The predicted molar refractivity (Wildman–Crippen MR) is 89.5 cm³/mol. The van der Waals surface area contributed by atoms with Crippen LogP contribution in [0.2, 0.25) is 0 Å². The second-order valence-electron chi connectivity index (χ2n) is 5.34. The lowest BCUT2D eigenvalue weighted by atomic mass is 10.0. The molecule has 0 atom stereocenters. The third-order valence-corrected chi connectivity index (χ3v) is 3.83. The molecule has 0 radical (unpaired) electrons. The third-order valence-electron chi connectivity index (χ3n) is 3.83. The summed E-state index contributed by atoms with van der Waals surface area (Å²) in [6.45, 7) is 0. The number of hydrogen-bond acceptors (Lipinski definition) is 4. The number of carboxylic acids is 1. The number of benzene rings is 2. The van der Waals surface area contributed by atoms with Gasteiger partial charge in [0.1, 0.15) is 5.69 Å². The summed E-state index contributed by atoms with van der Waals surface area (Å²) in [5.41, 5.74) is 2.92. The van der Waals surface area contributed by atoms with Crippen LogP contribution in [0, 0.1) is 0 Å². The Balaban J connectivity index is 1.80. The number of rotatable bonds is 3. The van der Waals surface area contributed by atoms with E-state index in [-0.39, 0.29) is 5.69 Å². The minimum absolute atomic E-state index is 0.0248. The maximum atomic E-state index is 11.2. The molecule has 2 aromatic heterocycles. The predicted octanol–water partition coefficient (Wildman–Crippen LogP) is 3.39. The van der Waals surface area contributed by atoms with Gasteiger partial charge in [-0.15, -0.1) is 5.10 Å². The zero-order valence-corrected chi connectivity index (χ0v) is 12.5. The van der Waals surface area contributed by atoms with Gasteiger partial charge in [0.2, 0.25) is 0 Å². The Bertz CT molecular complexity index is 1040. The molecule has 24 heavy (non-hydrogen) atoms. The average molecular weight is 316 g/mol. The zero-order chi connectivity index (χ0) is 16.5. The topological polar surface area (TPSA) is 91.8 Å². The summed E-state index contributed by atoms with van der Waals surface area (Å²) in [4.78, 5) is 15.7. The van der Waals surface area contributed by atoms with Crippen LogP contribution in [-0.4, -0.2) is 31.5 Å². The van der Waals surface area contributed by atoms with Gasteiger partial charge in [-0.3, -0.25) is 10.1 Å². The first kappa shape index (κ1) is 14.1. The Morgan fingerprint density at radius 2 is 1.79 bits per heavy atom. The van der Waals surface area contributed by atoms with Crippen LogP contribution < -0.4 is 0 Å². The Morgan fingerprint density at radius 3 is 2.58 bits per heavy atom. The van der Waals surface area contributed by atoms with Gasteiger partial charge in [-0.2, -0.15) is 0 Å². The highest BCUT2D eigenvalue weighted by Gasteiger charge is 2.16. The van der Waals surface area contributed by atoms with E-state index < -0.39 is 5.97 Å². The van der Waals surface area contributed by atoms with Gasteiger partial charge in [-0.05, 0) is 17.5 Å². The van der Waals surface area contributed by atoms with Crippen molar-refractivity contribution in [3.63, 3.8) is 0 Å². The first-order valence-electron chi connectivity index (χ1n) is 7.32. The molecule has 0 spiro atoms. The number of pyridine rings is 1. The molecule has 0 amide bonds. The molecule has 0 saturated carbocycles. The number of nitrogens with zero attached hydrogens (tertiary/aromatic N) is 3. The molecular formula is C18H12N4O2. The van der Waals surface area contributed by atoms with Gasteiger partial charge in [0.25, 0.3) is 0 Å². The minimum atomic E-state index is -1.09. The van der Waals surface area contributed by atoms with E-state index in [1.807, 2.05) is 54.6 Å². The summed E-state index contributed by atoms with van der Waals surface area (Å²) in [5, 5.41) is 21.0. The molecular weight excluding hydrogens is 304 g/mol. The largest absolute Gasteiger partial charge is 0.476 e. The first-order chi connectivity index (χ1) is 11.7. The summed E-state index contributed by atoms with van der Waals surface area (Å²) in [6, 6.07) is 17.6. The monoisotopic (exact) mass is 316 g/mol. The maximum absolute atomic E-state index is 11.2. The van der Waals surface area contributed by atoms with Crippen molar-refractivity contribution in [1.29, 1.82) is 0 Å². The Kier molecular flexibility index (Phi) is 3.28. The zero-order valence-electron chi connectivity index (χ0n) is 12.5. The van der Waals surface area contributed by atoms with Crippen LogP contribution in [0.15, 0.2) is 60.8 Å². The highest BCUT2D eigenvalue weighted by atomic mass is 16.4. The molecule has 116 valence electrons. The lowest BCUT2D eigenvalue weighted by Crippen LogP contribution is -1.99. The van der Waals surface area contributed by atoms with Gasteiger partial charge < -0.3 is 5.11 Å². The average Bonchev–Trinajstić information content (AvgIpc) is 3.12. The molecule has 6 heteroatoms. The van der Waals surface area contributed by atoms with Gasteiger partial charge in [0.05, 0.1) is 5.69 Å². The molecule has 0 bridgehead atoms. The van der Waals surface area contributed by atoms with Gasteiger partial charge in [0.15, 0.2) is 5.69 Å². The van der Waals surface area contributed by atoms with Crippen LogP contribution in [-0.2, 0) is 0 Å². The molecule has 2 heterocycles. The Morgan fingerprint density at radius 1 is 0.958 bits per heavy atom. The van der Waals surface area contributed by atoms with Crippen molar-refractivity contribution in [2.24, 2.45) is 0 Å². The van der Waals surface area contributed by atoms with E-state index in [0.717, 1.165) is 22.0 Å². The van der Waals surface area contributed by atoms with E-state index in [9.17, 15) is 4.79 Å². The van der Waals surface area contributed by atoms with Crippen molar-refractivity contribution in [2.75, 3.05) is 0 Å². The second-order valence-corrected chi connectivity index (χ2v) is 5.34. The van der Waals surface area contributed by atoms with Crippen molar-refractivity contribution < 1.29 is 9.90 Å². The Labute approximate surface area is 136 Å². The second kappa shape index (κ2) is 5.58. The van der Waals surface area contributed by atoms with E-state index in [1.165, 1.54) is 0 Å². The van der Waals surface area contributed by atoms with Crippen molar-refractivity contribution in [3.8, 4) is 22.5 Å². The summed E-state index contributed by atoms with van der Waals surface area (Å²) in [7, 11) is 0. The fraction of sp³-hybridized carbons (Fsp3) is 0. The molecule has 0 unspecified atom stereocenters. The van der Waals surface area contributed by atoms with Gasteiger partial charge in [-0.1, -0.05) is 47.7 Å². The van der Waals surface area contributed by atoms with Crippen LogP contribution in [0.4, 0.5) is 0 Å². The van der Waals surface area contributed by atoms with Crippen LogP contribution in [0.5, 0.6) is 0 Å². The minimum Gasteiger partial charge on any atom is -0.476 e. The molecule has 0 aliphatic carbocycles. The van der Waals surface area contributed by atoms with Gasteiger partial charge in [0, 0.05) is 22.7 Å². The summed E-state index contributed by atoms with van der Waals surface area (Å²) < 4.78 is 0. The highest BCUT2D eigenvalue weighted by molar-refractivity contribution is 5.95. The van der Waals surface area contributed by atoms with Gasteiger partial charge >= 0.3 is 5.97 Å². The van der Waals surface area contributed by atoms with Gasteiger partial charge in [-0.25, -0.2) is 4.79 Å². The van der Waals surface area contributed by atoms with Crippen molar-refractivity contribution >= 4 is 16.7 Å². The molecule has 4 aromatic rings. The van der Waals surface area contributed by atoms with Crippen LogP contribution in [0.3, 0.4) is 0 Å². The number of carbonyl (C=O) groups is 1. The SMILES string of the molecule is O=C(O)c1[nH]nnc1-c1ccc2cc(-c3ccccc3)ncc2c1. The highest BCUT2D eigenvalue weighted by Crippen LogP contribution is 2.27. The van der Waals surface area contributed by atoms with E-state index in [1.54, 1.807) is 6.20 Å². The van der Waals surface area contributed by atoms with Crippen molar-refractivity contribution in [2.45, 2.75) is 0 Å². The molecule has 0 fully saturated rings. The number of carboxylic acid groups (broad SMARTS) is 1. The summed E-state index contributed by atoms with van der Waals surface area (Å²) in [5.74, 6) is -1.09. The summed E-state index contributed by atoms with van der Waals surface area (Å²) in [6.07, 6.45) is 1.78. The molecule has 0 aliphatic heterocycles. The fourth-order valence-electron chi connectivity index (χ4n) is 2.63. The smallest absolute Gasteiger partial charge is 0.356 e. The lowest BCUT2D eigenvalue weighted by Gasteiger charge is -2.05. The number of fused-ring (bicyclic) bond motifs is 1. The van der Waals surface area contributed by atoms with Crippen molar-refractivity contribution in [1.82, 2.24) is 20.4 Å². The third kappa shape index (κ3) is 2.40. The van der Waals surface area contributed by atoms with Crippen LogP contribution in [0.1, 0.15) is 10.5 Å². The molecule has 2 aromatic carbocycles. The number of aromatic carboxylic acids is 1. The van der Waals surface area contributed by atoms with Crippen LogP contribution in [0.25, 0.3) is 33.3 Å². The number of nitrogens with one attached hydrogen (secondary N) is 1. The quantitative estimate of drug-likeness (QED) is 0.604.